The Morgan fingerprint density at radius 2 is 2.06 bits per heavy atom. The zero-order valence-corrected chi connectivity index (χ0v) is 11.7. The Bertz CT molecular complexity index is 546. The van der Waals surface area contributed by atoms with Crippen LogP contribution in [0, 0.1) is 6.92 Å². The Hall–Kier alpha value is -1.06. The highest BCUT2D eigenvalue weighted by molar-refractivity contribution is 7.15. The van der Waals surface area contributed by atoms with E-state index in [1.807, 2.05) is 25.1 Å². The molecule has 1 aromatic heterocycles. The van der Waals surface area contributed by atoms with E-state index in [4.69, 9.17) is 17.3 Å². The second-order valence-corrected chi connectivity index (χ2v) is 5.80. The van der Waals surface area contributed by atoms with Gasteiger partial charge in [0.15, 0.2) is 5.13 Å². The van der Waals surface area contributed by atoms with Gasteiger partial charge in [0.2, 0.25) is 0 Å². The highest BCUT2D eigenvalue weighted by atomic mass is 35.5. The van der Waals surface area contributed by atoms with Crippen molar-refractivity contribution in [1.29, 1.82) is 0 Å². The van der Waals surface area contributed by atoms with Gasteiger partial charge in [0, 0.05) is 15.5 Å². The summed E-state index contributed by atoms with van der Waals surface area (Å²) in [6, 6.07) is 5.89. The van der Waals surface area contributed by atoms with Crippen LogP contribution in [0.5, 0.6) is 0 Å². The molecular weight excluding hydrogens is 252 g/mol. The lowest BCUT2D eigenvalue weighted by Crippen LogP contribution is -1.91. The molecule has 0 aliphatic carbocycles. The van der Waals surface area contributed by atoms with Gasteiger partial charge in [0.25, 0.3) is 0 Å². The molecule has 0 aliphatic heterocycles. The first-order valence-electron chi connectivity index (χ1n) is 5.52. The van der Waals surface area contributed by atoms with Crippen LogP contribution >= 0.6 is 22.9 Å². The Kier molecular flexibility index (Phi) is 3.40. The molecule has 2 nitrogen and oxygen atoms in total. The first-order valence-corrected chi connectivity index (χ1v) is 6.71. The van der Waals surface area contributed by atoms with Gasteiger partial charge in [-0.15, -0.1) is 11.3 Å². The molecule has 0 radical (unpaired) electrons. The van der Waals surface area contributed by atoms with Crippen LogP contribution in [0.3, 0.4) is 0 Å². The average molecular weight is 267 g/mol. The van der Waals surface area contributed by atoms with Crippen LogP contribution < -0.4 is 5.73 Å². The van der Waals surface area contributed by atoms with E-state index < -0.39 is 0 Å². The van der Waals surface area contributed by atoms with Crippen molar-refractivity contribution in [2.75, 3.05) is 5.73 Å². The summed E-state index contributed by atoms with van der Waals surface area (Å²) < 4.78 is 0. The van der Waals surface area contributed by atoms with Gasteiger partial charge in [0.1, 0.15) is 0 Å². The quantitative estimate of drug-likeness (QED) is 0.871. The molecule has 0 bridgehead atoms. The number of nitrogens with zero attached hydrogens (tertiary/aromatic N) is 1. The summed E-state index contributed by atoms with van der Waals surface area (Å²) in [5, 5.41) is 1.38. The molecule has 0 spiro atoms. The number of hydrogen-bond donors (Lipinski definition) is 1. The third-order valence-corrected chi connectivity index (χ3v) is 4.31. The van der Waals surface area contributed by atoms with Crippen molar-refractivity contribution in [2.24, 2.45) is 0 Å². The van der Waals surface area contributed by atoms with E-state index in [1.165, 1.54) is 4.88 Å². The minimum Gasteiger partial charge on any atom is -0.375 e. The summed E-state index contributed by atoms with van der Waals surface area (Å²) in [4.78, 5) is 5.66. The van der Waals surface area contributed by atoms with Gasteiger partial charge in [-0.25, -0.2) is 4.98 Å². The number of anilines is 1. The summed E-state index contributed by atoms with van der Waals surface area (Å²) in [5.41, 5.74) is 8.93. The van der Waals surface area contributed by atoms with E-state index in [0.29, 0.717) is 11.0 Å². The fourth-order valence-corrected chi connectivity index (χ4v) is 2.82. The molecule has 0 unspecified atom stereocenters. The van der Waals surface area contributed by atoms with Crippen LogP contribution in [0.1, 0.15) is 30.2 Å². The first kappa shape index (κ1) is 12.4. The van der Waals surface area contributed by atoms with Crippen LogP contribution in [0.15, 0.2) is 18.2 Å². The van der Waals surface area contributed by atoms with Crippen molar-refractivity contribution in [3.63, 3.8) is 0 Å². The van der Waals surface area contributed by atoms with E-state index >= 15 is 0 Å². The van der Waals surface area contributed by atoms with Gasteiger partial charge in [-0.2, -0.15) is 0 Å². The van der Waals surface area contributed by atoms with Gasteiger partial charge < -0.3 is 5.73 Å². The van der Waals surface area contributed by atoms with Crippen LogP contribution in [0.4, 0.5) is 5.13 Å². The van der Waals surface area contributed by atoms with Crippen molar-refractivity contribution < 1.29 is 0 Å². The molecule has 17 heavy (non-hydrogen) atoms. The molecule has 0 saturated heterocycles. The topological polar surface area (TPSA) is 38.9 Å². The minimum absolute atomic E-state index is 0.415. The van der Waals surface area contributed by atoms with Gasteiger partial charge in [0.05, 0.1) is 5.69 Å². The number of nitrogens with two attached hydrogens (primary N) is 1. The van der Waals surface area contributed by atoms with Crippen molar-refractivity contribution in [2.45, 2.75) is 26.7 Å². The SMILES string of the molecule is Cc1c(Cl)cccc1-c1nc(N)sc1C(C)C. The molecule has 2 N–H and O–H groups in total. The molecule has 1 heterocycles. The molecule has 0 atom stereocenters. The maximum absolute atomic E-state index is 6.15. The normalized spacial score (nSPS) is 11.1. The summed E-state index contributed by atoms with van der Waals surface area (Å²) in [5.74, 6) is 0.415. The van der Waals surface area contributed by atoms with Crippen LogP contribution in [0.25, 0.3) is 11.3 Å². The zero-order valence-electron chi connectivity index (χ0n) is 10.1. The minimum atomic E-state index is 0.415. The average Bonchev–Trinajstić information content (AvgIpc) is 2.64. The summed E-state index contributed by atoms with van der Waals surface area (Å²) in [7, 11) is 0. The van der Waals surface area contributed by atoms with Crippen molar-refractivity contribution in [1.82, 2.24) is 4.98 Å². The number of hydrogen-bond acceptors (Lipinski definition) is 3. The molecule has 1 aromatic carbocycles. The molecule has 2 aromatic rings. The van der Waals surface area contributed by atoms with Crippen LogP contribution in [0.2, 0.25) is 5.02 Å². The molecular formula is C13H15ClN2S. The van der Waals surface area contributed by atoms with E-state index in [0.717, 1.165) is 21.8 Å². The Morgan fingerprint density at radius 3 is 2.71 bits per heavy atom. The Labute approximate surface area is 110 Å². The van der Waals surface area contributed by atoms with Crippen LogP contribution in [-0.2, 0) is 0 Å². The van der Waals surface area contributed by atoms with Gasteiger partial charge in [-0.1, -0.05) is 37.6 Å². The largest absolute Gasteiger partial charge is 0.375 e. The third kappa shape index (κ3) is 2.31. The molecule has 2 rings (SSSR count). The number of aromatic nitrogens is 1. The first-order chi connectivity index (χ1) is 8.00. The monoisotopic (exact) mass is 266 g/mol. The second kappa shape index (κ2) is 4.67. The van der Waals surface area contributed by atoms with Crippen molar-refractivity contribution in [3.05, 3.63) is 33.7 Å². The molecule has 90 valence electrons. The lowest BCUT2D eigenvalue weighted by atomic mass is 10.0. The number of benzene rings is 1. The predicted molar refractivity (Wildman–Crippen MR) is 75.8 cm³/mol. The molecule has 0 amide bonds. The maximum atomic E-state index is 6.15. The molecule has 0 fully saturated rings. The summed E-state index contributed by atoms with van der Waals surface area (Å²) >= 11 is 7.70. The van der Waals surface area contributed by atoms with E-state index in [1.54, 1.807) is 11.3 Å². The van der Waals surface area contributed by atoms with Crippen molar-refractivity contribution >= 4 is 28.1 Å². The lowest BCUT2D eigenvalue weighted by molar-refractivity contribution is 0.888. The van der Waals surface area contributed by atoms with E-state index in [9.17, 15) is 0 Å². The smallest absolute Gasteiger partial charge is 0.180 e. The number of thiazole rings is 1. The number of halogens is 1. The Morgan fingerprint density at radius 1 is 1.35 bits per heavy atom. The second-order valence-electron chi connectivity index (χ2n) is 4.33. The zero-order chi connectivity index (χ0) is 12.6. The maximum Gasteiger partial charge on any atom is 0.180 e. The highest BCUT2D eigenvalue weighted by Gasteiger charge is 2.16. The summed E-state index contributed by atoms with van der Waals surface area (Å²) in [6.07, 6.45) is 0. The summed E-state index contributed by atoms with van der Waals surface area (Å²) in [6.45, 7) is 6.31. The van der Waals surface area contributed by atoms with Gasteiger partial charge in [-0.3, -0.25) is 0 Å². The molecule has 4 heteroatoms. The fraction of sp³-hybridized carbons (Fsp3) is 0.308. The predicted octanol–water partition coefficient (Wildman–Crippen LogP) is 4.48. The van der Waals surface area contributed by atoms with E-state index in [2.05, 4.69) is 18.8 Å². The van der Waals surface area contributed by atoms with Crippen LogP contribution in [-0.4, -0.2) is 4.98 Å². The Balaban J connectivity index is 2.64. The highest BCUT2D eigenvalue weighted by Crippen LogP contribution is 2.37. The van der Waals surface area contributed by atoms with Gasteiger partial charge in [-0.05, 0) is 24.5 Å². The van der Waals surface area contributed by atoms with Crippen molar-refractivity contribution in [3.8, 4) is 11.3 Å². The van der Waals surface area contributed by atoms with Gasteiger partial charge >= 0.3 is 0 Å². The number of nitrogen functional groups attached to an aromatic ring is 1. The number of rotatable bonds is 2. The molecule has 0 saturated carbocycles. The standard InChI is InChI=1S/C13H15ClN2S/c1-7(2)12-11(16-13(15)17-12)9-5-4-6-10(14)8(9)3/h4-7H,1-3H3,(H2,15,16). The van der Waals surface area contributed by atoms with E-state index in [-0.39, 0.29) is 0 Å². The fourth-order valence-electron chi connectivity index (χ4n) is 1.80. The molecule has 0 aliphatic rings. The lowest BCUT2D eigenvalue weighted by Gasteiger charge is -2.09. The third-order valence-electron chi connectivity index (χ3n) is 2.72.